The molecule has 5 rings (SSSR count). The number of benzene rings is 2. The number of imidazole rings is 1. The second-order valence-electron chi connectivity index (χ2n) is 9.18. The van der Waals surface area contributed by atoms with Crippen molar-refractivity contribution in [1.82, 2.24) is 19.3 Å². The summed E-state index contributed by atoms with van der Waals surface area (Å²) in [6.45, 7) is 4.12. The first-order valence-electron chi connectivity index (χ1n) is 12.1. The third-order valence-electron chi connectivity index (χ3n) is 6.93. The highest BCUT2D eigenvalue weighted by Crippen LogP contribution is 2.40. The van der Waals surface area contributed by atoms with Crippen molar-refractivity contribution in [2.75, 3.05) is 32.1 Å². The molecule has 0 aliphatic carbocycles. The van der Waals surface area contributed by atoms with Crippen LogP contribution in [0.5, 0.6) is 5.75 Å². The van der Waals surface area contributed by atoms with E-state index in [-0.39, 0.29) is 5.91 Å². The number of aryl methyl sites for hydroxylation is 1. The highest BCUT2D eigenvalue weighted by molar-refractivity contribution is 6.44. The van der Waals surface area contributed by atoms with Gasteiger partial charge in [-0.25, -0.2) is 9.97 Å². The molecule has 4 aromatic rings. The van der Waals surface area contributed by atoms with E-state index in [1.807, 2.05) is 46.7 Å². The number of halogens is 2. The molecule has 8 nitrogen and oxygen atoms in total. The number of hydrogen-bond donors (Lipinski definition) is 2. The molecule has 37 heavy (non-hydrogen) atoms. The average Bonchev–Trinajstić information content (AvgIpc) is 3.35. The number of hydrogen-bond acceptors (Lipinski definition) is 6. The number of carbonyl (C=O) groups is 1. The standard InChI is InChI=1S/C27H28Cl2N6O2/c1-16-13-18(3-4-19(16)27(36)34-10-7-17(14-30)8-11-34)33-25-26-32-15-21(35(26)12-9-31-25)20-5-6-22(37-2)24(29)23(20)28/h3-6,9,12-13,15,17H,7-8,10-11,14,30H2,1-2H3,(H,31,33). The predicted octanol–water partition coefficient (Wildman–Crippen LogP) is 5.57. The summed E-state index contributed by atoms with van der Waals surface area (Å²) in [5.41, 5.74) is 10.3. The lowest BCUT2D eigenvalue weighted by atomic mass is 9.96. The van der Waals surface area contributed by atoms with Crippen molar-refractivity contribution in [3.05, 3.63) is 70.1 Å². The average molecular weight is 539 g/mol. The Hall–Kier alpha value is -3.33. The first-order valence-corrected chi connectivity index (χ1v) is 12.9. The molecule has 0 spiro atoms. The Bertz CT molecular complexity index is 1460. The van der Waals surface area contributed by atoms with Crippen molar-refractivity contribution >= 4 is 46.3 Å². The molecule has 1 saturated heterocycles. The second-order valence-corrected chi connectivity index (χ2v) is 9.94. The summed E-state index contributed by atoms with van der Waals surface area (Å²) < 4.78 is 7.16. The van der Waals surface area contributed by atoms with E-state index < -0.39 is 0 Å². The van der Waals surface area contributed by atoms with E-state index in [1.165, 1.54) is 0 Å². The smallest absolute Gasteiger partial charge is 0.254 e. The Morgan fingerprint density at radius 1 is 1.16 bits per heavy atom. The SMILES string of the molecule is COc1ccc(-c2cnc3c(Nc4ccc(C(=O)N5CCC(CN)CC5)c(C)c4)nccn23)c(Cl)c1Cl. The maximum atomic E-state index is 13.1. The third-order valence-corrected chi connectivity index (χ3v) is 7.79. The second kappa shape index (κ2) is 10.6. The number of likely N-dealkylation sites (tertiary alicyclic amines) is 1. The Morgan fingerprint density at radius 3 is 2.65 bits per heavy atom. The van der Waals surface area contributed by atoms with Crippen LogP contribution in [-0.4, -0.2) is 51.9 Å². The van der Waals surface area contributed by atoms with Crippen LogP contribution in [0.1, 0.15) is 28.8 Å². The zero-order valence-electron chi connectivity index (χ0n) is 20.7. The third kappa shape index (κ3) is 4.84. The van der Waals surface area contributed by atoms with Gasteiger partial charge in [0.25, 0.3) is 5.91 Å². The molecule has 3 N–H and O–H groups in total. The number of piperidine rings is 1. The summed E-state index contributed by atoms with van der Waals surface area (Å²) in [4.78, 5) is 24.1. The lowest BCUT2D eigenvalue weighted by Crippen LogP contribution is -2.40. The van der Waals surface area contributed by atoms with Gasteiger partial charge in [0.1, 0.15) is 10.8 Å². The highest BCUT2D eigenvalue weighted by atomic mass is 35.5. The summed E-state index contributed by atoms with van der Waals surface area (Å²) in [5.74, 6) is 1.65. The number of nitrogens with one attached hydrogen (secondary N) is 1. The van der Waals surface area contributed by atoms with E-state index in [1.54, 1.807) is 25.6 Å². The number of ether oxygens (including phenoxy) is 1. The number of methoxy groups -OCH3 is 1. The molecular formula is C27H28Cl2N6O2. The van der Waals surface area contributed by atoms with Crippen LogP contribution >= 0.6 is 23.2 Å². The summed E-state index contributed by atoms with van der Waals surface area (Å²) in [7, 11) is 1.55. The van der Waals surface area contributed by atoms with Crippen LogP contribution < -0.4 is 15.8 Å². The lowest BCUT2D eigenvalue weighted by molar-refractivity contribution is 0.0692. The first-order chi connectivity index (χ1) is 17.9. The molecule has 0 atom stereocenters. The van der Waals surface area contributed by atoms with Gasteiger partial charge in [-0.05, 0) is 68.1 Å². The van der Waals surface area contributed by atoms with Gasteiger partial charge in [-0.15, -0.1) is 0 Å². The molecule has 10 heteroatoms. The minimum Gasteiger partial charge on any atom is -0.495 e. The van der Waals surface area contributed by atoms with Crippen LogP contribution in [0.4, 0.5) is 11.5 Å². The number of carbonyl (C=O) groups excluding carboxylic acids is 1. The van der Waals surface area contributed by atoms with Crippen LogP contribution in [0.15, 0.2) is 48.9 Å². The zero-order valence-corrected chi connectivity index (χ0v) is 22.2. The Labute approximate surface area is 225 Å². The number of fused-ring (bicyclic) bond motifs is 1. The summed E-state index contributed by atoms with van der Waals surface area (Å²) >= 11 is 12.9. The highest BCUT2D eigenvalue weighted by Gasteiger charge is 2.24. The molecule has 1 aliphatic rings. The maximum absolute atomic E-state index is 13.1. The van der Waals surface area contributed by atoms with Gasteiger partial charge in [0, 0.05) is 42.3 Å². The Kier molecular flexibility index (Phi) is 7.24. The van der Waals surface area contributed by atoms with Gasteiger partial charge in [-0.3, -0.25) is 9.20 Å². The number of anilines is 2. The van der Waals surface area contributed by atoms with Gasteiger partial charge < -0.3 is 20.7 Å². The van der Waals surface area contributed by atoms with Crippen molar-refractivity contribution in [1.29, 1.82) is 0 Å². The number of aromatic nitrogens is 3. The summed E-state index contributed by atoms with van der Waals surface area (Å²) in [5, 5.41) is 4.08. The minimum absolute atomic E-state index is 0.0627. The first kappa shape index (κ1) is 25.3. The predicted molar refractivity (Wildman–Crippen MR) is 147 cm³/mol. The summed E-state index contributed by atoms with van der Waals surface area (Å²) in [6, 6.07) is 9.33. The van der Waals surface area contributed by atoms with Gasteiger partial charge in [-0.1, -0.05) is 23.2 Å². The molecular weight excluding hydrogens is 511 g/mol. The van der Waals surface area contributed by atoms with Gasteiger partial charge >= 0.3 is 0 Å². The fraction of sp³-hybridized carbons (Fsp3) is 0.296. The van der Waals surface area contributed by atoms with Crippen LogP contribution in [0.25, 0.3) is 16.9 Å². The van der Waals surface area contributed by atoms with Crippen molar-refractivity contribution in [2.45, 2.75) is 19.8 Å². The molecule has 2 aromatic carbocycles. The van der Waals surface area contributed by atoms with E-state index in [9.17, 15) is 4.79 Å². The molecule has 0 bridgehead atoms. The number of nitrogens with zero attached hydrogens (tertiary/aromatic N) is 4. The van der Waals surface area contributed by atoms with E-state index >= 15 is 0 Å². The minimum atomic E-state index is 0.0627. The van der Waals surface area contributed by atoms with E-state index in [2.05, 4.69) is 15.3 Å². The maximum Gasteiger partial charge on any atom is 0.254 e. The molecule has 1 amide bonds. The molecule has 192 valence electrons. The van der Waals surface area contributed by atoms with Gasteiger partial charge in [0.2, 0.25) is 0 Å². The van der Waals surface area contributed by atoms with Gasteiger partial charge in [0.05, 0.1) is 24.0 Å². The fourth-order valence-electron chi connectivity index (χ4n) is 4.75. The van der Waals surface area contributed by atoms with E-state index in [0.29, 0.717) is 45.3 Å². The van der Waals surface area contributed by atoms with Gasteiger partial charge in [0.15, 0.2) is 11.5 Å². The molecule has 1 fully saturated rings. The lowest BCUT2D eigenvalue weighted by Gasteiger charge is -2.31. The van der Waals surface area contributed by atoms with Crippen LogP contribution in [0.2, 0.25) is 10.0 Å². The zero-order chi connectivity index (χ0) is 26.1. The van der Waals surface area contributed by atoms with Crippen LogP contribution in [0, 0.1) is 12.8 Å². The number of nitrogens with two attached hydrogens (primary N) is 1. The molecule has 0 unspecified atom stereocenters. The Morgan fingerprint density at radius 2 is 1.95 bits per heavy atom. The Balaban J connectivity index is 1.39. The molecule has 0 saturated carbocycles. The normalized spacial score (nSPS) is 14.2. The van der Waals surface area contributed by atoms with E-state index in [4.69, 9.17) is 33.7 Å². The van der Waals surface area contributed by atoms with Crippen molar-refractivity contribution in [3.8, 4) is 17.0 Å². The molecule has 2 aromatic heterocycles. The summed E-state index contributed by atoms with van der Waals surface area (Å²) in [6.07, 6.45) is 7.15. The fourth-order valence-corrected chi connectivity index (χ4v) is 5.25. The quantitative estimate of drug-likeness (QED) is 0.332. The topological polar surface area (TPSA) is 97.8 Å². The largest absolute Gasteiger partial charge is 0.495 e. The van der Waals surface area contributed by atoms with Crippen LogP contribution in [0.3, 0.4) is 0 Å². The molecule has 3 heterocycles. The monoisotopic (exact) mass is 538 g/mol. The van der Waals surface area contributed by atoms with E-state index in [0.717, 1.165) is 48.4 Å². The number of rotatable bonds is 6. The molecule has 0 radical (unpaired) electrons. The molecule has 1 aliphatic heterocycles. The number of amides is 1. The van der Waals surface area contributed by atoms with Crippen LogP contribution in [-0.2, 0) is 0 Å². The van der Waals surface area contributed by atoms with Crippen molar-refractivity contribution < 1.29 is 9.53 Å². The van der Waals surface area contributed by atoms with Crippen molar-refractivity contribution in [2.24, 2.45) is 11.7 Å². The van der Waals surface area contributed by atoms with Crippen molar-refractivity contribution in [3.63, 3.8) is 0 Å². The van der Waals surface area contributed by atoms with Gasteiger partial charge in [-0.2, -0.15) is 0 Å².